The summed E-state index contributed by atoms with van der Waals surface area (Å²) in [6.45, 7) is 3.87. The maximum Gasteiger partial charge on any atom is 0.123 e. The molecule has 2 N–H and O–H groups in total. The molecule has 1 unspecified atom stereocenters. The average molecular weight is 268 g/mol. The van der Waals surface area contributed by atoms with E-state index in [2.05, 4.69) is 16.4 Å². The molecule has 0 amide bonds. The second-order valence-corrected chi connectivity index (χ2v) is 5.54. The first-order valence-corrected chi connectivity index (χ1v) is 7.16. The number of nitrogens with one attached hydrogen (secondary N) is 1. The number of aryl methyl sites for hydroxylation is 2. The Labute approximate surface area is 119 Å². The Kier molecular flexibility index (Phi) is 3.35. The monoisotopic (exact) mass is 268 g/mol. The van der Waals surface area contributed by atoms with Crippen LogP contribution in [0.15, 0.2) is 30.5 Å². The summed E-state index contributed by atoms with van der Waals surface area (Å²) in [4.78, 5) is 4.54. The highest BCUT2D eigenvalue weighted by atomic mass is 16.3. The van der Waals surface area contributed by atoms with E-state index < -0.39 is 0 Å². The van der Waals surface area contributed by atoms with Crippen LogP contribution < -0.4 is 5.32 Å². The van der Waals surface area contributed by atoms with E-state index in [1.54, 1.807) is 0 Å². The fourth-order valence-electron chi connectivity index (χ4n) is 2.93. The van der Waals surface area contributed by atoms with Crippen molar-refractivity contribution >= 4 is 5.69 Å². The SMILES string of the molecule is Cc1ccc(NC2CCCc3cccnc32)c(C)c1O. The van der Waals surface area contributed by atoms with Crippen molar-refractivity contribution in [3.05, 3.63) is 52.8 Å². The van der Waals surface area contributed by atoms with Gasteiger partial charge in [0, 0.05) is 17.4 Å². The molecule has 2 aromatic rings. The van der Waals surface area contributed by atoms with Gasteiger partial charge in [-0.25, -0.2) is 0 Å². The van der Waals surface area contributed by atoms with Gasteiger partial charge in [0.2, 0.25) is 0 Å². The quantitative estimate of drug-likeness (QED) is 0.868. The van der Waals surface area contributed by atoms with E-state index in [1.807, 2.05) is 38.2 Å². The van der Waals surface area contributed by atoms with Gasteiger partial charge < -0.3 is 10.4 Å². The molecule has 0 radical (unpaired) electrons. The number of benzene rings is 1. The zero-order valence-corrected chi connectivity index (χ0v) is 12.0. The highest BCUT2D eigenvalue weighted by Crippen LogP contribution is 2.34. The van der Waals surface area contributed by atoms with Gasteiger partial charge in [-0.2, -0.15) is 0 Å². The minimum absolute atomic E-state index is 0.237. The number of anilines is 1. The molecular formula is C17H20N2O. The fraction of sp³-hybridized carbons (Fsp3) is 0.353. The van der Waals surface area contributed by atoms with Gasteiger partial charge in [-0.3, -0.25) is 4.98 Å². The van der Waals surface area contributed by atoms with Crippen molar-refractivity contribution in [1.29, 1.82) is 0 Å². The van der Waals surface area contributed by atoms with Crippen LogP contribution >= 0.6 is 0 Å². The number of phenols is 1. The van der Waals surface area contributed by atoms with Gasteiger partial charge >= 0.3 is 0 Å². The van der Waals surface area contributed by atoms with Gasteiger partial charge in [0.25, 0.3) is 0 Å². The van der Waals surface area contributed by atoms with Gasteiger partial charge in [0.05, 0.1) is 11.7 Å². The molecule has 3 rings (SSSR count). The zero-order chi connectivity index (χ0) is 14.1. The summed E-state index contributed by atoms with van der Waals surface area (Å²) in [6.07, 6.45) is 5.23. The molecular weight excluding hydrogens is 248 g/mol. The normalized spacial score (nSPS) is 17.6. The molecule has 1 heterocycles. The van der Waals surface area contributed by atoms with Crippen molar-refractivity contribution in [2.45, 2.75) is 39.2 Å². The molecule has 0 bridgehead atoms. The van der Waals surface area contributed by atoms with Crippen LogP contribution in [-0.2, 0) is 6.42 Å². The molecule has 1 atom stereocenters. The number of rotatable bonds is 2. The molecule has 1 aromatic heterocycles. The Balaban J connectivity index is 1.92. The van der Waals surface area contributed by atoms with Crippen LogP contribution in [0.2, 0.25) is 0 Å². The molecule has 3 nitrogen and oxygen atoms in total. The molecule has 0 spiro atoms. The molecule has 1 aliphatic rings. The second kappa shape index (κ2) is 5.16. The topological polar surface area (TPSA) is 45.2 Å². The van der Waals surface area contributed by atoms with Crippen LogP contribution in [0.1, 0.15) is 41.3 Å². The molecule has 0 fully saturated rings. The summed E-state index contributed by atoms with van der Waals surface area (Å²) >= 11 is 0. The van der Waals surface area contributed by atoms with Crippen molar-refractivity contribution in [2.75, 3.05) is 5.32 Å². The third kappa shape index (κ3) is 2.24. The molecule has 104 valence electrons. The predicted molar refractivity (Wildman–Crippen MR) is 81.1 cm³/mol. The first-order valence-electron chi connectivity index (χ1n) is 7.16. The zero-order valence-electron chi connectivity index (χ0n) is 12.0. The van der Waals surface area contributed by atoms with E-state index in [0.717, 1.165) is 35.3 Å². The number of nitrogens with zero attached hydrogens (tertiary/aromatic N) is 1. The largest absolute Gasteiger partial charge is 0.507 e. The minimum atomic E-state index is 0.237. The van der Waals surface area contributed by atoms with E-state index in [9.17, 15) is 5.11 Å². The number of aromatic nitrogens is 1. The second-order valence-electron chi connectivity index (χ2n) is 5.54. The minimum Gasteiger partial charge on any atom is -0.507 e. The maximum absolute atomic E-state index is 10.1. The lowest BCUT2D eigenvalue weighted by molar-refractivity contribution is 0.467. The van der Waals surface area contributed by atoms with Gasteiger partial charge in [-0.15, -0.1) is 0 Å². The Morgan fingerprint density at radius 3 is 2.95 bits per heavy atom. The maximum atomic E-state index is 10.1. The van der Waals surface area contributed by atoms with E-state index in [-0.39, 0.29) is 6.04 Å². The van der Waals surface area contributed by atoms with Crippen molar-refractivity contribution in [3.8, 4) is 5.75 Å². The fourth-order valence-corrected chi connectivity index (χ4v) is 2.93. The molecule has 0 saturated heterocycles. The standard InChI is InChI=1S/C17H20N2O/c1-11-8-9-14(12(2)17(11)20)19-15-7-3-5-13-6-4-10-18-16(13)15/h4,6,8-10,15,19-20H,3,5,7H2,1-2H3. The van der Waals surface area contributed by atoms with Crippen LogP contribution in [0.4, 0.5) is 5.69 Å². The van der Waals surface area contributed by atoms with Gasteiger partial charge in [-0.1, -0.05) is 12.1 Å². The molecule has 0 aliphatic heterocycles. The Morgan fingerprint density at radius 1 is 1.25 bits per heavy atom. The van der Waals surface area contributed by atoms with Gasteiger partial charge in [-0.05, 0) is 56.4 Å². The van der Waals surface area contributed by atoms with Crippen LogP contribution in [0.5, 0.6) is 5.75 Å². The third-order valence-corrected chi connectivity index (χ3v) is 4.16. The molecule has 0 saturated carbocycles. The lowest BCUT2D eigenvalue weighted by atomic mass is 9.91. The lowest BCUT2D eigenvalue weighted by Gasteiger charge is -2.27. The first kappa shape index (κ1) is 13.0. The number of pyridine rings is 1. The Hall–Kier alpha value is -2.03. The van der Waals surface area contributed by atoms with Crippen molar-refractivity contribution in [3.63, 3.8) is 0 Å². The number of hydrogen-bond acceptors (Lipinski definition) is 3. The van der Waals surface area contributed by atoms with Crippen LogP contribution in [0.3, 0.4) is 0 Å². The Bertz CT molecular complexity index is 637. The van der Waals surface area contributed by atoms with Crippen molar-refractivity contribution in [1.82, 2.24) is 4.98 Å². The summed E-state index contributed by atoms with van der Waals surface area (Å²) < 4.78 is 0. The summed E-state index contributed by atoms with van der Waals surface area (Å²) in [5.74, 6) is 0.382. The third-order valence-electron chi connectivity index (χ3n) is 4.16. The predicted octanol–water partition coefficient (Wildman–Crippen LogP) is 3.89. The highest BCUT2D eigenvalue weighted by Gasteiger charge is 2.21. The lowest BCUT2D eigenvalue weighted by Crippen LogP contribution is -2.19. The summed E-state index contributed by atoms with van der Waals surface area (Å²) in [5, 5.41) is 13.6. The summed E-state index contributed by atoms with van der Waals surface area (Å²) in [5.41, 5.74) is 5.31. The van der Waals surface area contributed by atoms with Crippen LogP contribution in [0.25, 0.3) is 0 Å². The summed E-state index contributed by atoms with van der Waals surface area (Å²) in [7, 11) is 0. The van der Waals surface area contributed by atoms with Crippen LogP contribution in [-0.4, -0.2) is 10.1 Å². The van der Waals surface area contributed by atoms with Gasteiger partial charge in [0.1, 0.15) is 5.75 Å². The first-order chi connectivity index (χ1) is 9.66. The van der Waals surface area contributed by atoms with E-state index in [4.69, 9.17) is 0 Å². The number of hydrogen-bond donors (Lipinski definition) is 2. The molecule has 3 heteroatoms. The molecule has 1 aliphatic carbocycles. The van der Waals surface area contributed by atoms with Crippen molar-refractivity contribution in [2.24, 2.45) is 0 Å². The Morgan fingerprint density at radius 2 is 2.10 bits per heavy atom. The van der Waals surface area contributed by atoms with Crippen molar-refractivity contribution < 1.29 is 5.11 Å². The van der Waals surface area contributed by atoms with E-state index >= 15 is 0 Å². The molecule has 20 heavy (non-hydrogen) atoms. The van der Waals surface area contributed by atoms with E-state index in [0.29, 0.717) is 5.75 Å². The molecule has 1 aromatic carbocycles. The van der Waals surface area contributed by atoms with E-state index in [1.165, 1.54) is 12.0 Å². The summed E-state index contributed by atoms with van der Waals surface area (Å²) in [6, 6.07) is 8.40. The van der Waals surface area contributed by atoms with Gasteiger partial charge in [0.15, 0.2) is 0 Å². The highest BCUT2D eigenvalue weighted by molar-refractivity contribution is 5.60. The number of phenolic OH excluding ortho intramolecular Hbond substituents is 1. The number of fused-ring (bicyclic) bond motifs is 1. The van der Waals surface area contributed by atoms with Crippen LogP contribution in [0, 0.1) is 13.8 Å². The number of aromatic hydroxyl groups is 1. The average Bonchev–Trinajstić information content (AvgIpc) is 2.48. The smallest absolute Gasteiger partial charge is 0.123 e.